The van der Waals surface area contributed by atoms with Crippen molar-refractivity contribution in [2.75, 3.05) is 10.0 Å². The first-order valence-corrected chi connectivity index (χ1v) is 12.6. The fourth-order valence-electron chi connectivity index (χ4n) is 4.91. The van der Waals surface area contributed by atoms with Crippen molar-refractivity contribution in [1.82, 2.24) is 0 Å². The summed E-state index contributed by atoms with van der Waals surface area (Å²) in [5.74, 6) is 0.427. The maximum Gasteiger partial charge on any atom is 0.261 e. The molecule has 4 nitrogen and oxygen atoms in total. The first-order valence-electron chi connectivity index (χ1n) is 10.7. The van der Waals surface area contributed by atoms with Gasteiger partial charge in [0.2, 0.25) is 0 Å². The lowest BCUT2D eigenvalue weighted by molar-refractivity contribution is 0.425. The lowest BCUT2D eigenvalue weighted by Crippen LogP contribution is -2.29. The molecule has 0 saturated heterocycles. The van der Waals surface area contributed by atoms with E-state index < -0.39 is 10.0 Å². The number of rotatable bonds is 4. The second kappa shape index (κ2) is 7.98. The molecule has 2 N–H and O–H groups in total. The van der Waals surface area contributed by atoms with Crippen LogP contribution in [0, 0.1) is 19.8 Å². The minimum absolute atomic E-state index is 0.0759. The van der Waals surface area contributed by atoms with Crippen molar-refractivity contribution in [1.29, 1.82) is 0 Å². The summed E-state index contributed by atoms with van der Waals surface area (Å²) in [5.41, 5.74) is 5.63. The first-order chi connectivity index (χ1) is 15.3. The molecule has 6 heteroatoms. The topological polar surface area (TPSA) is 58.2 Å². The normalized spacial score (nSPS) is 21.5. The van der Waals surface area contributed by atoms with Gasteiger partial charge < -0.3 is 5.32 Å². The van der Waals surface area contributed by atoms with Crippen molar-refractivity contribution in [3.63, 3.8) is 0 Å². The third-order valence-electron chi connectivity index (χ3n) is 6.51. The SMILES string of the molecule is Cc1ccc(NS(=O)(=O)c2ccc3c(c2)C2C=CCC2C(c2ccccc2Cl)N3)c(C)c1. The Kier molecular flexibility index (Phi) is 5.26. The van der Waals surface area contributed by atoms with Crippen LogP contribution in [-0.4, -0.2) is 8.42 Å². The van der Waals surface area contributed by atoms with Gasteiger partial charge in [-0.3, -0.25) is 4.72 Å². The molecule has 5 rings (SSSR count). The fraction of sp³-hybridized carbons (Fsp3) is 0.231. The van der Waals surface area contributed by atoms with Gasteiger partial charge >= 0.3 is 0 Å². The van der Waals surface area contributed by atoms with E-state index in [1.54, 1.807) is 6.07 Å². The summed E-state index contributed by atoms with van der Waals surface area (Å²) in [6.07, 6.45) is 5.30. The van der Waals surface area contributed by atoms with Crippen molar-refractivity contribution >= 4 is 33.0 Å². The average molecular weight is 465 g/mol. The Hall–Kier alpha value is -2.76. The molecule has 0 radical (unpaired) electrons. The summed E-state index contributed by atoms with van der Waals surface area (Å²) in [7, 11) is -3.71. The van der Waals surface area contributed by atoms with E-state index in [4.69, 9.17) is 11.6 Å². The summed E-state index contributed by atoms with van der Waals surface area (Å²) >= 11 is 6.51. The van der Waals surface area contributed by atoms with Crippen LogP contribution in [0.3, 0.4) is 0 Å². The molecule has 0 bridgehead atoms. The van der Waals surface area contributed by atoms with Gasteiger partial charge in [0.1, 0.15) is 0 Å². The molecule has 3 unspecified atom stereocenters. The van der Waals surface area contributed by atoms with Crippen LogP contribution in [0.4, 0.5) is 11.4 Å². The van der Waals surface area contributed by atoms with E-state index in [2.05, 4.69) is 28.3 Å². The molecule has 3 aromatic rings. The quantitative estimate of drug-likeness (QED) is 0.428. The van der Waals surface area contributed by atoms with E-state index in [0.29, 0.717) is 5.69 Å². The average Bonchev–Trinajstić information content (AvgIpc) is 3.26. The summed E-state index contributed by atoms with van der Waals surface area (Å²) < 4.78 is 29.1. The van der Waals surface area contributed by atoms with Crippen LogP contribution in [0.1, 0.15) is 40.6 Å². The highest BCUT2D eigenvalue weighted by atomic mass is 35.5. The lowest BCUT2D eigenvalue weighted by Gasteiger charge is -2.38. The third-order valence-corrected chi connectivity index (χ3v) is 8.22. The zero-order valence-electron chi connectivity index (χ0n) is 18.0. The predicted molar refractivity (Wildman–Crippen MR) is 131 cm³/mol. The molecular weight excluding hydrogens is 440 g/mol. The van der Waals surface area contributed by atoms with Crippen LogP contribution in [0.5, 0.6) is 0 Å². The fourth-order valence-corrected chi connectivity index (χ4v) is 6.33. The van der Waals surface area contributed by atoms with Gasteiger partial charge in [0.25, 0.3) is 10.0 Å². The minimum atomic E-state index is -3.71. The van der Waals surface area contributed by atoms with E-state index in [0.717, 1.165) is 39.4 Å². The molecule has 0 saturated carbocycles. The maximum absolute atomic E-state index is 13.2. The highest BCUT2D eigenvalue weighted by molar-refractivity contribution is 7.92. The van der Waals surface area contributed by atoms with Crippen LogP contribution in [0.15, 0.2) is 77.7 Å². The molecule has 1 heterocycles. The van der Waals surface area contributed by atoms with E-state index in [9.17, 15) is 8.42 Å². The number of fused-ring (bicyclic) bond motifs is 3. The highest BCUT2D eigenvalue weighted by Gasteiger charge is 2.39. The Balaban J connectivity index is 1.50. The molecule has 164 valence electrons. The van der Waals surface area contributed by atoms with Gasteiger partial charge in [0, 0.05) is 16.6 Å². The molecule has 0 amide bonds. The Morgan fingerprint density at radius 1 is 1.00 bits per heavy atom. The second-order valence-electron chi connectivity index (χ2n) is 8.67. The summed E-state index contributed by atoms with van der Waals surface area (Å²) in [5, 5.41) is 4.38. The molecular formula is C26H25ClN2O2S. The van der Waals surface area contributed by atoms with Crippen LogP contribution < -0.4 is 10.0 Å². The molecule has 3 aromatic carbocycles. The van der Waals surface area contributed by atoms with Gasteiger partial charge in [0.05, 0.1) is 16.6 Å². The smallest absolute Gasteiger partial charge is 0.261 e. The van der Waals surface area contributed by atoms with Gasteiger partial charge in [-0.15, -0.1) is 0 Å². The van der Waals surface area contributed by atoms with E-state index in [1.807, 2.05) is 62.4 Å². The van der Waals surface area contributed by atoms with Crippen molar-refractivity contribution < 1.29 is 8.42 Å². The summed E-state index contributed by atoms with van der Waals surface area (Å²) in [4.78, 5) is 0.272. The number of nitrogens with one attached hydrogen (secondary N) is 2. The summed E-state index contributed by atoms with van der Waals surface area (Å²) in [6, 6.07) is 19.0. The standard InChI is InChI=1S/C26H25ClN2O2S/c1-16-10-12-24(17(2)14-16)29-32(30,31)18-11-13-25-22(15-18)19-7-5-8-20(19)26(28-25)21-6-3-4-9-23(21)27/h3-7,9-15,19-20,26,28-29H,8H2,1-2H3. The molecule has 0 fully saturated rings. The van der Waals surface area contributed by atoms with E-state index in [-0.39, 0.29) is 22.8 Å². The van der Waals surface area contributed by atoms with E-state index >= 15 is 0 Å². The van der Waals surface area contributed by atoms with Gasteiger partial charge in [-0.05, 0) is 73.2 Å². The van der Waals surface area contributed by atoms with Crippen molar-refractivity contribution in [3.05, 3.63) is 100 Å². The molecule has 32 heavy (non-hydrogen) atoms. The largest absolute Gasteiger partial charge is 0.378 e. The number of allylic oxidation sites excluding steroid dienone is 2. The zero-order valence-corrected chi connectivity index (χ0v) is 19.5. The van der Waals surface area contributed by atoms with E-state index in [1.165, 1.54) is 0 Å². The Bertz CT molecular complexity index is 1330. The first kappa shape index (κ1) is 21.1. The molecule has 0 spiro atoms. The second-order valence-corrected chi connectivity index (χ2v) is 10.8. The molecule has 1 aliphatic carbocycles. The molecule has 1 aliphatic heterocycles. The monoisotopic (exact) mass is 464 g/mol. The number of benzene rings is 3. The number of sulfonamides is 1. The van der Waals surface area contributed by atoms with Crippen LogP contribution in [-0.2, 0) is 10.0 Å². The van der Waals surface area contributed by atoms with Gasteiger partial charge in [-0.25, -0.2) is 8.42 Å². The van der Waals surface area contributed by atoms with Crippen molar-refractivity contribution in [2.45, 2.75) is 37.1 Å². The predicted octanol–water partition coefficient (Wildman–Crippen LogP) is 6.58. The minimum Gasteiger partial charge on any atom is -0.378 e. The highest BCUT2D eigenvalue weighted by Crippen LogP contribution is 2.51. The number of halogens is 1. The Labute approximate surface area is 194 Å². The van der Waals surface area contributed by atoms with Crippen LogP contribution in [0.2, 0.25) is 5.02 Å². The van der Waals surface area contributed by atoms with Crippen molar-refractivity contribution in [2.24, 2.45) is 5.92 Å². The van der Waals surface area contributed by atoms with Gasteiger partial charge in [0.15, 0.2) is 0 Å². The zero-order chi connectivity index (χ0) is 22.5. The summed E-state index contributed by atoms with van der Waals surface area (Å²) in [6.45, 7) is 3.90. The van der Waals surface area contributed by atoms with Gasteiger partial charge in [-0.1, -0.05) is 59.6 Å². The Morgan fingerprint density at radius 2 is 1.81 bits per heavy atom. The maximum atomic E-state index is 13.2. The Morgan fingerprint density at radius 3 is 2.59 bits per heavy atom. The lowest BCUT2D eigenvalue weighted by atomic mass is 9.77. The number of anilines is 2. The molecule has 2 aliphatic rings. The molecule has 0 aromatic heterocycles. The molecule has 3 atom stereocenters. The number of aryl methyl sites for hydroxylation is 2. The van der Waals surface area contributed by atoms with Crippen LogP contribution in [0.25, 0.3) is 0 Å². The number of hydrogen-bond acceptors (Lipinski definition) is 3. The van der Waals surface area contributed by atoms with Crippen molar-refractivity contribution in [3.8, 4) is 0 Å². The van der Waals surface area contributed by atoms with Crippen LogP contribution >= 0.6 is 11.6 Å². The number of hydrogen-bond donors (Lipinski definition) is 2. The van der Waals surface area contributed by atoms with Gasteiger partial charge in [-0.2, -0.15) is 0 Å². The third kappa shape index (κ3) is 3.70.